The number of benzene rings is 2. The molecule has 2 heterocycles. The topological polar surface area (TPSA) is 59.8 Å². The van der Waals surface area contributed by atoms with Crippen molar-refractivity contribution in [1.82, 2.24) is 14.8 Å². The van der Waals surface area contributed by atoms with Gasteiger partial charge in [0, 0.05) is 17.8 Å². The maximum absolute atomic E-state index is 13.1. The Bertz CT molecular complexity index is 1160. The number of amides is 1. The molecule has 0 aliphatic heterocycles. The lowest BCUT2D eigenvalue weighted by Crippen LogP contribution is -2.13. The Morgan fingerprint density at radius 2 is 1.82 bits per heavy atom. The first kappa shape index (κ1) is 17.9. The van der Waals surface area contributed by atoms with Crippen molar-refractivity contribution >= 4 is 22.6 Å². The molecule has 0 atom stereocenters. The Morgan fingerprint density at radius 1 is 1.04 bits per heavy atom. The lowest BCUT2D eigenvalue weighted by atomic mass is 10.1. The van der Waals surface area contributed by atoms with Gasteiger partial charge >= 0.3 is 0 Å². The number of carbonyl (C=O) groups excluding carboxylic acids is 1. The van der Waals surface area contributed by atoms with Gasteiger partial charge in [0.25, 0.3) is 5.91 Å². The third-order valence-electron chi connectivity index (χ3n) is 4.99. The van der Waals surface area contributed by atoms with Crippen molar-refractivity contribution in [3.05, 3.63) is 77.5 Å². The van der Waals surface area contributed by atoms with E-state index in [1.54, 1.807) is 6.20 Å². The van der Waals surface area contributed by atoms with E-state index in [-0.39, 0.29) is 5.91 Å². The molecule has 0 saturated heterocycles. The molecule has 5 heteroatoms. The zero-order chi connectivity index (χ0) is 19.7. The van der Waals surface area contributed by atoms with Gasteiger partial charge in [0.05, 0.1) is 22.8 Å². The van der Waals surface area contributed by atoms with Crippen LogP contribution in [-0.2, 0) is 6.54 Å². The predicted molar refractivity (Wildman–Crippen MR) is 113 cm³/mol. The molecule has 0 fully saturated rings. The number of fused-ring (bicyclic) bond motifs is 1. The van der Waals surface area contributed by atoms with Gasteiger partial charge in [-0.05, 0) is 50.1 Å². The van der Waals surface area contributed by atoms with Crippen LogP contribution in [0.3, 0.4) is 0 Å². The molecule has 4 rings (SSSR count). The van der Waals surface area contributed by atoms with Crippen molar-refractivity contribution in [3.63, 3.8) is 0 Å². The molecule has 4 aromatic rings. The average molecular weight is 370 g/mol. The molecule has 0 saturated carbocycles. The van der Waals surface area contributed by atoms with Crippen LogP contribution in [-0.4, -0.2) is 20.7 Å². The van der Waals surface area contributed by atoms with Crippen LogP contribution in [0.4, 0.5) is 5.69 Å². The average Bonchev–Trinajstić information content (AvgIpc) is 3.13. The maximum atomic E-state index is 13.1. The number of hydrogen-bond donors (Lipinski definition) is 1. The summed E-state index contributed by atoms with van der Waals surface area (Å²) in [5, 5.41) is 8.17. The highest BCUT2D eigenvalue weighted by atomic mass is 16.1. The van der Waals surface area contributed by atoms with Crippen LogP contribution in [0.15, 0.2) is 60.8 Å². The summed E-state index contributed by atoms with van der Waals surface area (Å²) in [5.41, 5.74) is 6.13. The molecule has 5 nitrogen and oxygen atoms in total. The molecular weight excluding hydrogens is 348 g/mol. The Hall–Kier alpha value is -3.47. The van der Waals surface area contributed by atoms with E-state index in [4.69, 9.17) is 4.98 Å². The zero-order valence-corrected chi connectivity index (χ0v) is 16.2. The van der Waals surface area contributed by atoms with Crippen LogP contribution in [0.1, 0.15) is 28.4 Å². The second-order valence-corrected chi connectivity index (χ2v) is 6.87. The van der Waals surface area contributed by atoms with Gasteiger partial charge in [-0.25, -0.2) is 9.67 Å². The van der Waals surface area contributed by atoms with Gasteiger partial charge < -0.3 is 5.32 Å². The quantitative estimate of drug-likeness (QED) is 0.551. The van der Waals surface area contributed by atoms with Crippen molar-refractivity contribution in [2.75, 3.05) is 5.32 Å². The van der Waals surface area contributed by atoms with Gasteiger partial charge in [0.2, 0.25) is 0 Å². The van der Waals surface area contributed by atoms with E-state index >= 15 is 0 Å². The fourth-order valence-electron chi connectivity index (χ4n) is 3.24. The summed E-state index contributed by atoms with van der Waals surface area (Å²) in [5.74, 6) is -0.163. The molecule has 1 amide bonds. The number of nitrogens with one attached hydrogen (secondary N) is 1. The highest BCUT2D eigenvalue weighted by Gasteiger charge is 2.17. The van der Waals surface area contributed by atoms with Crippen LogP contribution in [0, 0.1) is 13.8 Å². The Morgan fingerprint density at radius 3 is 2.54 bits per heavy atom. The SMILES string of the molecule is CCn1ncc2c(C(=O)Nc3ccc(C)c(C)c3)cc(-c3ccccc3)nc21. The third kappa shape index (κ3) is 3.27. The third-order valence-corrected chi connectivity index (χ3v) is 4.99. The first-order valence-electron chi connectivity index (χ1n) is 9.37. The Balaban J connectivity index is 1.81. The number of hydrogen-bond acceptors (Lipinski definition) is 3. The van der Waals surface area contributed by atoms with Crippen molar-refractivity contribution in [2.24, 2.45) is 0 Å². The molecule has 2 aromatic heterocycles. The second-order valence-electron chi connectivity index (χ2n) is 6.87. The maximum Gasteiger partial charge on any atom is 0.256 e. The molecular formula is C23H22N4O. The summed E-state index contributed by atoms with van der Waals surface area (Å²) in [6, 6.07) is 17.6. The minimum absolute atomic E-state index is 0.163. The van der Waals surface area contributed by atoms with Crippen LogP contribution in [0.2, 0.25) is 0 Å². The first-order chi connectivity index (χ1) is 13.6. The van der Waals surface area contributed by atoms with Crippen molar-refractivity contribution in [2.45, 2.75) is 27.3 Å². The molecule has 0 unspecified atom stereocenters. The summed E-state index contributed by atoms with van der Waals surface area (Å²) < 4.78 is 1.81. The second kappa shape index (κ2) is 7.27. The highest BCUT2D eigenvalue weighted by molar-refractivity contribution is 6.12. The van der Waals surface area contributed by atoms with Crippen LogP contribution in [0.25, 0.3) is 22.3 Å². The normalized spacial score (nSPS) is 11.0. The van der Waals surface area contributed by atoms with Crippen molar-refractivity contribution in [3.8, 4) is 11.3 Å². The van der Waals surface area contributed by atoms with Gasteiger partial charge in [-0.2, -0.15) is 5.10 Å². The summed E-state index contributed by atoms with van der Waals surface area (Å²) in [4.78, 5) is 17.9. The van der Waals surface area contributed by atoms with Crippen LogP contribution < -0.4 is 5.32 Å². The van der Waals surface area contributed by atoms with E-state index in [9.17, 15) is 4.79 Å². The van der Waals surface area contributed by atoms with Gasteiger partial charge in [-0.3, -0.25) is 4.79 Å². The lowest BCUT2D eigenvalue weighted by Gasteiger charge is -2.10. The molecule has 0 bridgehead atoms. The van der Waals surface area contributed by atoms with Gasteiger partial charge in [-0.1, -0.05) is 36.4 Å². The van der Waals surface area contributed by atoms with E-state index in [1.807, 2.05) is 73.1 Å². The zero-order valence-electron chi connectivity index (χ0n) is 16.2. The first-order valence-corrected chi connectivity index (χ1v) is 9.37. The van der Waals surface area contributed by atoms with Gasteiger partial charge in [-0.15, -0.1) is 0 Å². The van der Waals surface area contributed by atoms with Crippen LogP contribution in [0.5, 0.6) is 0 Å². The van der Waals surface area contributed by atoms with Crippen molar-refractivity contribution in [1.29, 1.82) is 0 Å². The molecule has 140 valence electrons. The fourth-order valence-corrected chi connectivity index (χ4v) is 3.24. The monoisotopic (exact) mass is 370 g/mol. The number of anilines is 1. The molecule has 1 N–H and O–H groups in total. The standard InChI is InChI=1S/C23H22N4O/c1-4-27-22-20(14-24-27)19(13-21(26-22)17-8-6-5-7-9-17)23(28)25-18-11-10-15(2)16(3)12-18/h5-14H,4H2,1-3H3,(H,25,28). The number of aryl methyl sites for hydroxylation is 3. The molecule has 2 aromatic carbocycles. The summed E-state index contributed by atoms with van der Waals surface area (Å²) in [6.07, 6.45) is 1.72. The summed E-state index contributed by atoms with van der Waals surface area (Å²) in [7, 11) is 0. The van der Waals surface area contributed by atoms with E-state index < -0.39 is 0 Å². The number of pyridine rings is 1. The number of nitrogens with zero attached hydrogens (tertiary/aromatic N) is 3. The van der Waals surface area contributed by atoms with Crippen molar-refractivity contribution < 1.29 is 4.79 Å². The predicted octanol–water partition coefficient (Wildman–Crippen LogP) is 4.99. The van der Waals surface area contributed by atoms with E-state index in [0.29, 0.717) is 17.8 Å². The summed E-state index contributed by atoms with van der Waals surface area (Å²) >= 11 is 0. The summed E-state index contributed by atoms with van der Waals surface area (Å²) in [6.45, 7) is 6.79. The van der Waals surface area contributed by atoms with E-state index in [0.717, 1.165) is 27.9 Å². The fraction of sp³-hybridized carbons (Fsp3) is 0.174. The molecule has 0 spiro atoms. The van der Waals surface area contributed by atoms with E-state index in [1.165, 1.54) is 5.56 Å². The smallest absolute Gasteiger partial charge is 0.256 e. The number of rotatable bonds is 4. The minimum Gasteiger partial charge on any atom is -0.322 e. The highest BCUT2D eigenvalue weighted by Crippen LogP contribution is 2.26. The molecule has 0 aliphatic carbocycles. The largest absolute Gasteiger partial charge is 0.322 e. The van der Waals surface area contributed by atoms with Crippen LogP contribution >= 0.6 is 0 Å². The van der Waals surface area contributed by atoms with E-state index in [2.05, 4.69) is 17.3 Å². The van der Waals surface area contributed by atoms with Gasteiger partial charge in [0.15, 0.2) is 5.65 Å². The minimum atomic E-state index is -0.163. The Kier molecular flexibility index (Phi) is 4.65. The number of carbonyl (C=O) groups is 1. The molecule has 0 aliphatic rings. The molecule has 28 heavy (non-hydrogen) atoms. The molecule has 0 radical (unpaired) electrons. The van der Waals surface area contributed by atoms with Gasteiger partial charge in [0.1, 0.15) is 0 Å². The lowest BCUT2D eigenvalue weighted by molar-refractivity contribution is 0.102. The Labute approximate surface area is 164 Å². The number of aromatic nitrogens is 3.